The lowest BCUT2D eigenvalue weighted by Crippen LogP contribution is -2.32. The first-order valence-electron chi connectivity index (χ1n) is 9.76. The third-order valence-electron chi connectivity index (χ3n) is 2.66. The number of hydrogen-bond donors (Lipinski definition) is 2. The van der Waals surface area contributed by atoms with Gasteiger partial charge in [-0.15, -0.1) is 12.4 Å². The first-order chi connectivity index (χ1) is 13.1. The Bertz CT molecular complexity index is 807. The lowest BCUT2D eigenvalue weighted by molar-refractivity contribution is 0.0523. The van der Waals surface area contributed by atoms with E-state index in [0.29, 0.717) is 0 Å². The quantitative estimate of drug-likeness (QED) is 0.737. The van der Waals surface area contributed by atoms with Gasteiger partial charge in [-0.1, -0.05) is 27.0 Å². The van der Waals surface area contributed by atoms with Crippen molar-refractivity contribution in [3.05, 3.63) is 59.2 Å². The molecule has 6 nitrogen and oxygen atoms in total. The highest BCUT2D eigenvalue weighted by Gasteiger charge is 2.15. The average molecular weight is 417 g/mol. The first-order valence-corrected chi connectivity index (χ1v) is 7.76. The Morgan fingerprint density at radius 3 is 1.89 bits per heavy atom. The molecule has 0 saturated heterocycles. The SMILES string of the molecule is C.C.Cl.[2H]C([2H])(N)c1ccc(C)cn1.[2H]C([2H])(NC(=O)OC(C)(C)C)c1ccc(C)cn1. The minimum absolute atomic E-state index is 0. The summed E-state index contributed by atoms with van der Waals surface area (Å²) in [4.78, 5) is 19.3. The van der Waals surface area contributed by atoms with E-state index in [9.17, 15) is 4.79 Å². The molecule has 0 saturated carbocycles. The molecular weight excluding hydrogens is 376 g/mol. The van der Waals surface area contributed by atoms with Gasteiger partial charge in [-0.25, -0.2) is 4.79 Å². The molecule has 2 rings (SSSR count). The van der Waals surface area contributed by atoms with E-state index in [4.69, 9.17) is 16.0 Å². The maximum Gasteiger partial charge on any atom is 0.407 e. The molecule has 0 aliphatic carbocycles. The number of nitrogens with zero attached hydrogens (tertiary/aromatic N) is 2. The van der Waals surface area contributed by atoms with Crippen LogP contribution in [0.4, 0.5) is 4.79 Å². The van der Waals surface area contributed by atoms with E-state index in [2.05, 4.69) is 15.3 Å². The van der Waals surface area contributed by atoms with Crippen molar-refractivity contribution in [1.29, 1.82) is 0 Å². The monoisotopic (exact) mass is 416 g/mol. The summed E-state index contributed by atoms with van der Waals surface area (Å²) in [7, 11) is 0. The molecule has 3 N–H and O–H groups in total. The third-order valence-corrected chi connectivity index (χ3v) is 2.66. The third kappa shape index (κ3) is 13.9. The normalized spacial score (nSPS) is 12.5. The molecular formula is C21H37ClN4O2. The minimum Gasteiger partial charge on any atom is -0.444 e. The Hall–Kier alpha value is -2.18. The molecule has 2 heterocycles. The highest BCUT2D eigenvalue weighted by molar-refractivity contribution is 5.85. The minimum atomic E-state index is -2.06. The van der Waals surface area contributed by atoms with E-state index >= 15 is 0 Å². The van der Waals surface area contributed by atoms with Gasteiger partial charge in [-0.3, -0.25) is 9.97 Å². The summed E-state index contributed by atoms with van der Waals surface area (Å²) in [5, 5.41) is 2.16. The zero-order valence-corrected chi connectivity index (χ0v) is 16.5. The number of halogens is 1. The summed E-state index contributed by atoms with van der Waals surface area (Å²) >= 11 is 0. The summed E-state index contributed by atoms with van der Waals surface area (Å²) < 4.78 is 34.8. The van der Waals surface area contributed by atoms with Crippen molar-refractivity contribution in [1.82, 2.24) is 15.3 Å². The Kier molecular flexibility index (Phi) is 11.7. The van der Waals surface area contributed by atoms with Gasteiger partial charge in [0.15, 0.2) is 0 Å². The maximum absolute atomic E-state index is 11.5. The van der Waals surface area contributed by atoms with Gasteiger partial charge in [0.25, 0.3) is 0 Å². The molecule has 0 unspecified atom stereocenters. The second-order valence-corrected chi connectivity index (χ2v) is 6.34. The Balaban J connectivity index is -0.000000525. The zero-order valence-electron chi connectivity index (χ0n) is 19.7. The number of hydrogen-bond acceptors (Lipinski definition) is 5. The van der Waals surface area contributed by atoms with E-state index in [1.165, 1.54) is 6.07 Å². The number of carbonyl (C=O) groups is 1. The van der Waals surface area contributed by atoms with Crippen LogP contribution in [0.1, 0.15) is 63.6 Å². The molecule has 160 valence electrons. The number of aromatic nitrogens is 2. The summed E-state index contributed by atoms with van der Waals surface area (Å²) in [6, 6.07) is 6.64. The van der Waals surface area contributed by atoms with E-state index < -0.39 is 24.7 Å². The smallest absolute Gasteiger partial charge is 0.407 e. The van der Waals surface area contributed by atoms with Crippen LogP contribution in [0.15, 0.2) is 36.7 Å². The molecule has 0 aliphatic heterocycles. The predicted octanol–water partition coefficient (Wildman–Crippen LogP) is 4.96. The van der Waals surface area contributed by atoms with Crippen molar-refractivity contribution in [3.8, 4) is 0 Å². The number of nitrogens with two attached hydrogens (primary N) is 1. The van der Waals surface area contributed by atoms with Crippen LogP contribution in [0.25, 0.3) is 0 Å². The van der Waals surface area contributed by atoms with Crippen molar-refractivity contribution in [3.63, 3.8) is 0 Å². The van der Waals surface area contributed by atoms with E-state index in [1.54, 1.807) is 51.4 Å². The molecule has 7 heteroatoms. The molecule has 0 fully saturated rings. The molecule has 0 aliphatic rings. The topological polar surface area (TPSA) is 90.1 Å². The summed E-state index contributed by atoms with van der Waals surface area (Å²) in [5.74, 6) is 0. The Morgan fingerprint density at radius 1 is 1.07 bits per heavy atom. The van der Waals surface area contributed by atoms with Crippen LogP contribution in [-0.4, -0.2) is 21.7 Å². The van der Waals surface area contributed by atoms with Crippen LogP contribution in [-0.2, 0) is 17.7 Å². The van der Waals surface area contributed by atoms with Crippen LogP contribution in [0.5, 0.6) is 0 Å². The van der Waals surface area contributed by atoms with Crippen LogP contribution in [0.2, 0.25) is 0 Å². The number of aryl methyl sites for hydroxylation is 2. The number of alkyl carbamates (subject to hydrolysis) is 1. The zero-order chi connectivity index (χ0) is 22.5. The van der Waals surface area contributed by atoms with Crippen LogP contribution in [0, 0.1) is 13.8 Å². The van der Waals surface area contributed by atoms with Crippen molar-refractivity contribution < 1.29 is 15.0 Å². The fraction of sp³-hybridized carbons (Fsp3) is 0.476. The summed E-state index contributed by atoms with van der Waals surface area (Å²) in [6.45, 7) is 5.01. The van der Waals surface area contributed by atoms with Crippen molar-refractivity contribution >= 4 is 18.5 Å². The van der Waals surface area contributed by atoms with Crippen molar-refractivity contribution in [2.24, 2.45) is 5.73 Å². The highest BCUT2D eigenvalue weighted by atomic mass is 35.5. The predicted molar refractivity (Wildman–Crippen MR) is 120 cm³/mol. The Labute approximate surface area is 182 Å². The summed E-state index contributed by atoms with van der Waals surface area (Å²) in [5.41, 5.74) is 6.84. The molecule has 0 radical (unpaired) electrons. The van der Waals surface area contributed by atoms with E-state index in [1.807, 2.05) is 13.8 Å². The fourth-order valence-electron chi connectivity index (χ4n) is 1.51. The molecule has 1 amide bonds. The lowest BCUT2D eigenvalue weighted by Gasteiger charge is -2.19. The molecule has 0 aromatic carbocycles. The lowest BCUT2D eigenvalue weighted by atomic mass is 10.2. The first kappa shape index (κ1) is 22.1. The standard InChI is InChI=1S/C12H18N2O2.C7H10N2.2CH4.ClH/c1-9-5-6-10(13-7-9)8-14-11(15)16-12(2,3)4;1-6-2-3-7(4-8)9-5-6;;;/h5-7H,8H2,1-4H3,(H,14,15);2-3,5H,4,8H2,1H3;2*1H4;1H/i8D2;4D2;;;. The molecule has 0 bridgehead atoms. The maximum atomic E-state index is 11.5. The van der Waals surface area contributed by atoms with Gasteiger partial charge in [0.2, 0.25) is 0 Å². The van der Waals surface area contributed by atoms with Gasteiger partial charge < -0.3 is 15.8 Å². The molecule has 0 atom stereocenters. The van der Waals surface area contributed by atoms with Gasteiger partial charge in [0.05, 0.1) is 20.6 Å². The largest absolute Gasteiger partial charge is 0.444 e. The number of nitrogens with one attached hydrogen (secondary N) is 1. The van der Waals surface area contributed by atoms with Gasteiger partial charge in [-0.2, -0.15) is 0 Å². The van der Waals surface area contributed by atoms with Gasteiger partial charge in [0, 0.05) is 21.6 Å². The molecule has 2 aromatic heterocycles. The number of rotatable bonds is 3. The van der Waals surface area contributed by atoms with Crippen molar-refractivity contribution in [2.75, 3.05) is 0 Å². The number of ether oxygens (including phenoxy) is 1. The van der Waals surface area contributed by atoms with E-state index in [-0.39, 0.29) is 38.6 Å². The van der Waals surface area contributed by atoms with Gasteiger partial charge in [-0.05, 0) is 57.9 Å². The van der Waals surface area contributed by atoms with Crippen molar-refractivity contribution in [2.45, 2.75) is 68.1 Å². The molecule has 0 spiro atoms. The van der Waals surface area contributed by atoms with E-state index in [0.717, 1.165) is 11.1 Å². The van der Waals surface area contributed by atoms with Gasteiger partial charge >= 0.3 is 6.09 Å². The average Bonchev–Trinajstić information content (AvgIpc) is 2.53. The van der Waals surface area contributed by atoms with Crippen LogP contribution in [0.3, 0.4) is 0 Å². The fourth-order valence-corrected chi connectivity index (χ4v) is 1.51. The number of amides is 1. The van der Waals surface area contributed by atoms with Gasteiger partial charge in [0.1, 0.15) is 5.60 Å². The second-order valence-electron chi connectivity index (χ2n) is 6.34. The summed E-state index contributed by atoms with van der Waals surface area (Å²) in [6.07, 6.45) is 2.33. The van der Waals surface area contributed by atoms with Crippen LogP contribution >= 0.6 is 12.4 Å². The molecule has 2 aromatic rings. The second kappa shape index (κ2) is 14.8. The number of pyridine rings is 2. The Morgan fingerprint density at radius 2 is 1.54 bits per heavy atom. The highest BCUT2D eigenvalue weighted by Crippen LogP contribution is 2.06. The molecule has 28 heavy (non-hydrogen) atoms. The van der Waals surface area contributed by atoms with Crippen LogP contribution < -0.4 is 11.1 Å². The number of carbonyl (C=O) groups excluding carboxylic acids is 1.